The minimum absolute atomic E-state index is 0.481. The second kappa shape index (κ2) is 3.31. The standard InChI is InChI=1S/C11H14FNO/c1-11(6-9(11)12)10(14)5-8-3-2-4-13-7-8/h2-4,7,9-10,14H,5-6H2,1H3. The summed E-state index contributed by atoms with van der Waals surface area (Å²) >= 11 is 0. The second-order valence-electron chi connectivity index (χ2n) is 4.26. The first-order valence-corrected chi connectivity index (χ1v) is 4.84. The summed E-state index contributed by atoms with van der Waals surface area (Å²) in [4.78, 5) is 3.95. The zero-order valence-electron chi connectivity index (χ0n) is 8.15. The van der Waals surface area contributed by atoms with Crippen molar-refractivity contribution in [2.24, 2.45) is 5.41 Å². The predicted octanol–water partition coefficient (Wildman–Crippen LogP) is 1.73. The van der Waals surface area contributed by atoms with E-state index in [9.17, 15) is 9.50 Å². The fraction of sp³-hybridized carbons (Fsp3) is 0.545. The smallest absolute Gasteiger partial charge is 0.109 e. The number of pyridine rings is 1. The monoisotopic (exact) mass is 195 g/mol. The fourth-order valence-electron chi connectivity index (χ4n) is 1.65. The zero-order chi connectivity index (χ0) is 10.2. The Kier molecular flexibility index (Phi) is 2.27. The number of hydrogen-bond donors (Lipinski definition) is 1. The molecule has 3 atom stereocenters. The molecule has 1 N–H and O–H groups in total. The third-order valence-electron chi connectivity index (χ3n) is 3.09. The highest BCUT2D eigenvalue weighted by molar-refractivity contribution is 5.14. The Labute approximate surface area is 82.8 Å². The van der Waals surface area contributed by atoms with E-state index in [1.807, 2.05) is 12.1 Å². The summed E-state index contributed by atoms with van der Waals surface area (Å²) in [5.74, 6) is 0. The molecule has 0 bridgehead atoms. The van der Waals surface area contributed by atoms with Gasteiger partial charge in [0.25, 0.3) is 0 Å². The van der Waals surface area contributed by atoms with Crippen molar-refractivity contribution in [3.05, 3.63) is 30.1 Å². The van der Waals surface area contributed by atoms with E-state index in [1.54, 1.807) is 19.3 Å². The normalized spacial score (nSPS) is 32.6. The minimum Gasteiger partial charge on any atom is -0.392 e. The summed E-state index contributed by atoms with van der Waals surface area (Å²) in [5.41, 5.74) is 0.441. The fourth-order valence-corrected chi connectivity index (χ4v) is 1.65. The Morgan fingerprint density at radius 2 is 2.50 bits per heavy atom. The van der Waals surface area contributed by atoms with Crippen molar-refractivity contribution in [3.8, 4) is 0 Å². The van der Waals surface area contributed by atoms with Crippen LogP contribution < -0.4 is 0 Å². The van der Waals surface area contributed by atoms with Gasteiger partial charge in [0.05, 0.1) is 6.10 Å². The molecule has 1 fully saturated rings. The Morgan fingerprint density at radius 1 is 1.79 bits per heavy atom. The SMILES string of the molecule is CC1(C(O)Cc2cccnc2)CC1F. The van der Waals surface area contributed by atoms with Crippen LogP contribution in [0.5, 0.6) is 0 Å². The highest BCUT2D eigenvalue weighted by Crippen LogP contribution is 2.51. The summed E-state index contributed by atoms with van der Waals surface area (Å²) in [6, 6.07) is 3.72. The van der Waals surface area contributed by atoms with Crippen molar-refractivity contribution in [2.45, 2.75) is 32.0 Å². The maximum Gasteiger partial charge on any atom is 0.109 e. The highest BCUT2D eigenvalue weighted by Gasteiger charge is 2.55. The van der Waals surface area contributed by atoms with Gasteiger partial charge in [-0.25, -0.2) is 4.39 Å². The number of aliphatic hydroxyl groups is 1. The lowest BCUT2D eigenvalue weighted by molar-refractivity contribution is 0.0875. The topological polar surface area (TPSA) is 33.1 Å². The Morgan fingerprint density at radius 3 is 3.00 bits per heavy atom. The van der Waals surface area contributed by atoms with Gasteiger partial charge in [0.15, 0.2) is 0 Å². The molecule has 1 aromatic rings. The van der Waals surface area contributed by atoms with Crippen LogP contribution in [-0.4, -0.2) is 22.4 Å². The molecule has 0 amide bonds. The molecule has 0 aliphatic heterocycles. The van der Waals surface area contributed by atoms with Crippen molar-refractivity contribution >= 4 is 0 Å². The molecule has 0 saturated heterocycles. The summed E-state index contributed by atoms with van der Waals surface area (Å²) in [6.07, 6.45) is 2.93. The Bertz CT molecular complexity index is 316. The lowest BCUT2D eigenvalue weighted by Gasteiger charge is -2.17. The van der Waals surface area contributed by atoms with Gasteiger partial charge in [0, 0.05) is 24.2 Å². The molecule has 1 heterocycles. The van der Waals surface area contributed by atoms with Crippen LogP contribution in [-0.2, 0) is 6.42 Å². The van der Waals surface area contributed by atoms with Gasteiger partial charge in [-0.3, -0.25) is 4.98 Å². The molecular formula is C11H14FNO. The van der Waals surface area contributed by atoms with E-state index < -0.39 is 17.7 Å². The summed E-state index contributed by atoms with van der Waals surface area (Å²) < 4.78 is 12.9. The molecule has 0 spiro atoms. The molecule has 1 saturated carbocycles. The lowest BCUT2D eigenvalue weighted by atomic mass is 9.96. The Balaban J connectivity index is 1.99. The molecule has 1 aliphatic rings. The van der Waals surface area contributed by atoms with E-state index in [4.69, 9.17) is 0 Å². The number of halogens is 1. The molecule has 0 radical (unpaired) electrons. The summed E-state index contributed by atoms with van der Waals surface area (Å²) in [5, 5.41) is 9.80. The first-order chi connectivity index (χ1) is 6.63. The molecule has 1 aliphatic carbocycles. The molecule has 1 aromatic heterocycles. The molecule has 2 nitrogen and oxygen atoms in total. The maximum absolute atomic E-state index is 12.9. The predicted molar refractivity (Wildman–Crippen MR) is 51.6 cm³/mol. The van der Waals surface area contributed by atoms with Gasteiger partial charge in [0.1, 0.15) is 6.17 Å². The van der Waals surface area contributed by atoms with Crippen LogP contribution in [0.1, 0.15) is 18.9 Å². The van der Waals surface area contributed by atoms with Crippen LogP contribution in [0.25, 0.3) is 0 Å². The zero-order valence-corrected chi connectivity index (χ0v) is 8.15. The van der Waals surface area contributed by atoms with E-state index in [-0.39, 0.29) is 0 Å². The lowest BCUT2D eigenvalue weighted by Crippen LogP contribution is -2.23. The van der Waals surface area contributed by atoms with Gasteiger partial charge >= 0.3 is 0 Å². The van der Waals surface area contributed by atoms with Crippen LogP contribution in [0.2, 0.25) is 0 Å². The van der Waals surface area contributed by atoms with Crippen LogP contribution >= 0.6 is 0 Å². The van der Waals surface area contributed by atoms with E-state index in [0.29, 0.717) is 12.8 Å². The number of hydrogen-bond acceptors (Lipinski definition) is 2. The molecule has 3 heteroatoms. The third-order valence-corrected chi connectivity index (χ3v) is 3.09. The van der Waals surface area contributed by atoms with Crippen LogP contribution in [0, 0.1) is 5.41 Å². The number of alkyl halides is 1. The minimum atomic E-state index is -0.839. The largest absolute Gasteiger partial charge is 0.392 e. The van der Waals surface area contributed by atoms with Crippen LogP contribution in [0.4, 0.5) is 4.39 Å². The van der Waals surface area contributed by atoms with Gasteiger partial charge in [-0.15, -0.1) is 0 Å². The summed E-state index contributed by atoms with van der Waals surface area (Å²) in [6.45, 7) is 1.79. The highest BCUT2D eigenvalue weighted by atomic mass is 19.1. The average Bonchev–Trinajstić information content (AvgIpc) is 2.78. The van der Waals surface area contributed by atoms with Crippen LogP contribution in [0.3, 0.4) is 0 Å². The van der Waals surface area contributed by atoms with E-state index >= 15 is 0 Å². The van der Waals surface area contributed by atoms with Gasteiger partial charge in [-0.1, -0.05) is 13.0 Å². The second-order valence-corrected chi connectivity index (χ2v) is 4.26. The van der Waals surface area contributed by atoms with Gasteiger partial charge in [-0.05, 0) is 18.1 Å². The molecule has 2 rings (SSSR count). The number of aliphatic hydroxyl groups excluding tert-OH is 1. The molecular weight excluding hydrogens is 181 g/mol. The molecule has 0 aromatic carbocycles. The number of rotatable bonds is 3. The van der Waals surface area contributed by atoms with Crippen molar-refractivity contribution in [1.29, 1.82) is 0 Å². The Hall–Kier alpha value is -0.960. The van der Waals surface area contributed by atoms with Gasteiger partial charge in [0.2, 0.25) is 0 Å². The first-order valence-electron chi connectivity index (χ1n) is 4.84. The molecule has 14 heavy (non-hydrogen) atoms. The van der Waals surface area contributed by atoms with Crippen molar-refractivity contribution in [2.75, 3.05) is 0 Å². The van der Waals surface area contributed by atoms with Crippen molar-refractivity contribution in [3.63, 3.8) is 0 Å². The number of aromatic nitrogens is 1. The van der Waals surface area contributed by atoms with E-state index in [0.717, 1.165) is 5.56 Å². The third kappa shape index (κ3) is 1.64. The summed E-state index contributed by atoms with van der Waals surface area (Å²) in [7, 11) is 0. The van der Waals surface area contributed by atoms with E-state index in [2.05, 4.69) is 4.98 Å². The molecule has 76 valence electrons. The van der Waals surface area contributed by atoms with E-state index in [1.165, 1.54) is 0 Å². The first kappa shape index (κ1) is 9.59. The number of nitrogens with zero attached hydrogens (tertiary/aromatic N) is 1. The van der Waals surface area contributed by atoms with Crippen molar-refractivity contribution < 1.29 is 9.50 Å². The quantitative estimate of drug-likeness (QED) is 0.796. The van der Waals surface area contributed by atoms with Gasteiger partial charge < -0.3 is 5.11 Å². The maximum atomic E-state index is 12.9. The van der Waals surface area contributed by atoms with Gasteiger partial charge in [-0.2, -0.15) is 0 Å². The molecule has 3 unspecified atom stereocenters. The van der Waals surface area contributed by atoms with Crippen molar-refractivity contribution in [1.82, 2.24) is 4.98 Å². The average molecular weight is 195 g/mol. The van der Waals surface area contributed by atoms with Crippen LogP contribution in [0.15, 0.2) is 24.5 Å².